The first-order chi connectivity index (χ1) is 11.6. The van der Waals surface area contributed by atoms with Gasteiger partial charge < -0.3 is 10.2 Å². The number of hydrogen-bond acceptors (Lipinski definition) is 2. The highest BCUT2D eigenvalue weighted by Gasteiger charge is 2.34. The lowest BCUT2D eigenvalue weighted by Gasteiger charge is -2.16. The minimum absolute atomic E-state index is 0.000492. The summed E-state index contributed by atoms with van der Waals surface area (Å²) in [5.41, 5.74) is 2.03. The second-order valence-electron chi connectivity index (χ2n) is 5.91. The second-order valence-corrected chi connectivity index (χ2v) is 6.82. The molecule has 124 valence electrons. The van der Waals surface area contributed by atoms with Crippen LogP contribution < -0.4 is 10.2 Å². The quantitative estimate of drug-likeness (QED) is 0.857. The van der Waals surface area contributed by atoms with E-state index in [2.05, 4.69) is 21.2 Å². The first kappa shape index (κ1) is 16.7. The van der Waals surface area contributed by atoms with Crippen molar-refractivity contribution < 1.29 is 9.59 Å². The molecule has 0 unspecified atom stereocenters. The highest BCUT2D eigenvalue weighted by Crippen LogP contribution is 2.26. The van der Waals surface area contributed by atoms with Gasteiger partial charge in [-0.05, 0) is 36.2 Å². The van der Waals surface area contributed by atoms with Crippen LogP contribution in [0.4, 0.5) is 5.69 Å². The topological polar surface area (TPSA) is 49.4 Å². The molecule has 0 radical (unpaired) electrons. The summed E-state index contributed by atoms with van der Waals surface area (Å²) in [4.78, 5) is 26.2. The number of amides is 2. The van der Waals surface area contributed by atoms with Gasteiger partial charge in [0.05, 0.1) is 5.92 Å². The van der Waals surface area contributed by atoms with Crippen LogP contribution in [0.2, 0.25) is 0 Å². The molecule has 2 aromatic rings. The van der Waals surface area contributed by atoms with Gasteiger partial charge in [-0.1, -0.05) is 46.3 Å². The summed E-state index contributed by atoms with van der Waals surface area (Å²) >= 11 is 3.38. The maximum absolute atomic E-state index is 12.3. The van der Waals surface area contributed by atoms with E-state index in [9.17, 15) is 9.59 Å². The van der Waals surface area contributed by atoms with Crippen molar-refractivity contribution in [3.8, 4) is 0 Å². The Morgan fingerprint density at radius 3 is 2.54 bits per heavy atom. The Morgan fingerprint density at radius 1 is 1.12 bits per heavy atom. The second kappa shape index (κ2) is 7.62. The van der Waals surface area contributed by atoms with Gasteiger partial charge in [-0.3, -0.25) is 9.59 Å². The molecule has 5 heteroatoms. The van der Waals surface area contributed by atoms with E-state index in [1.807, 2.05) is 54.6 Å². The SMILES string of the molecule is O=C(NCCc1ccccc1)[C@H]1CC(=O)N(c2ccc(Br)cc2)C1. The molecule has 0 bridgehead atoms. The maximum Gasteiger partial charge on any atom is 0.227 e. The van der Waals surface area contributed by atoms with Gasteiger partial charge in [0.15, 0.2) is 0 Å². The molecule has 0 spiro atoms. The van der Waals surface area contributed by atoms with E-state index in [4.69, 9.17) is 0 Å². The molecular weight excluding hydrogens is 368 g/mol. The van der Waals surface area contributed by atoms with Gasteiger partial charge in [0.25, 0.3) is 0 Å². The number of carbonyl (C=O) groups excluding carboxylic acids is 2. The van der Waals surface area contributed by atoms with Gasteiger partial charge in [-0.2, -0.15) is 0 Å². The minimum Gasteiger partial charge on any atom is -0.355 e. The number of halogens is 1. The third kappa shape index (κ3) is 4.03. The summed E-state index contributed by atoms with van der Waals surface area (Å²) in [7, 11) is 0. The molecule has 0 aromatic heterocycles. The number of nitrogens with one attached hydrogen (secondary N) is 1. The van der Waals surface area contributed by atoms with Crippen molar-refractivity contribution in [1.82, 2.24) is 5.32 Å². The van der Waals surface area contributed by atoms with Gasteiger partial charge in [0.1, 0.15) is 0 Å². The Morgan fingerprint density at radius 2 is 1.83 bits per heavy atom. The van der Waals surface area contributed by atoms with Gasteiger partial charge in [-0.25, -0.2) is 0 Å². The molecule has 0 saturated carbocycles. The molecule has 1 aliphatic rings. The van der Waals surface area contributed by atoms with Crippen molar-refractivity contribution >= 4 is 33.4 Å². The zero-order valence-electron chi connectivity index (χ0n) is 13.2. The zero-order valence-corrected chi connectivity index (χ0v) is 14.8. The monoisotopic (exact) mass is 386 g/mol. The highest BCUT2D eigenvalue weighted by atomic mass is 79.9. The van der Waals surface area contributed by atoms with Gasteiger partial charge in [0, 0.05) is 29.7 Å². The van der Waals surface area contributed by atoms with Gasteiger partial charge in [-0.15, -0.1) is 0 Å². The average molecular weight is 387 g/mol. The molecule has 2 amide bonds. The Balaban J connectivity index is 1.53. The lowest BCUT2D eigenvalue weighted by molar-refractivity contribution is -0.126. The van der Waals surface area contributed by atoms with Crippen molar-refractivity contribution in [3.05, 3.63) is 64.6 Å². The Labute approximate surface area is 150 Å². The summed E-state index contributed by atoms with van der Waals surface area (Å²) in [6, 6.07) is 17.6. The van der Waals surface area contributed by atoms with Crippen molar-refractivity contribution in [3.63, 3.8) is 0 Å². The standard InChI is InChI=1S/C19H19BrN2O2/c20-16-6-8-17(9-7-16)22-13-15(12-18(22)23)19(24)21-11-10-14-4-2-1-3-5-14/h1-9,15H,10-13H2,(H,21,24)/t15-/m0/s1. The van der Waals surface area contributed by atoms with Crippen molar-refractivity contribution in [2.75, 3.05) is 18.0 Å². The van der Waals surface area contributed by atoms with E-state index in [1.54, 1.807) is 4.90 Å². The summed E-state index contributed by atoms with van der Waals surface area (Å²) < 4.78 is 0.966. The van der Waals surface area contributed by atoms with E-state index in [-0.39, 0.29) is 24.2 Å². The molecule has 1 aliphatic heterocycles. The van der Waals surface area contributed by atoms with Crippen LogP contribution in [0.1, 0.15) is 12.0 Å². The Kier molecular flexibility index (Phi) is 5.30. The molecule has 1 N–H and O–H groups in total. The number of hydrogen-bond donors (Lipinski definition) is 1. The Bertz CT molecular complexity index is 716. The predicted octanol–water partition coefficient (Wildman–Crippen LogP) is 3.16. The van der Waals surface area contributed by atoms with Crippen LogP contribution in [-0.2, 0) is 16.0 Å². The van der Waals surface area contributed by atoms with E-state index >= 15 is 0 Å². The van der Waals surface area contributed by atoms with Crippen LogP contribution in [0.5, 0.6) is 0 Å². The largest absolute Gasteiger partial charge is 0.355 e. The summed E-state index contributed by atoms with van der Waals surface area (Å²) in [6.07, 6.45) is 1.07. The highest BCUT2D eigenvalue weighted by molar-refractivity contribution is 9.10. The molecule has 4 nitrogen and oxygen atoms in total. The van der Waals surface area contributed by atoms with Gasteiger partial charge >= 0.3 is 0 Å². The van der Waals surface area contributed by atoms with Crippen LogP contribution in [-0.4, -0.2) is 24.9 Å². The predicted molar refractivity (Wildman–Crippen MR) is 97.8 cm³/mol. The molecule has 1 heterocycles. The van der Waals surface area contributed by atoms with Crippen LogP contribution in [0.3, 0.4) is 0 Å². The molecule has 1 fully saturated rings. The molecule has 1 atom stereocenters. The van der Waals surface area contributed by atoms with E-state index < -0.39 is 0 Å². The first-order valence-electron chi connectivity index (χ1n) is 8.01. The van der Waals surface area contributed by atoms with E-state index in [1.165, 1.54) is 5.56 Å². The molecule has 0 aliphatic carbocycles. The third-order valence-corrected chi connectivity index (χ3v) is 4.72. The summed E-state index contributed by atoms with van der Waals surface area (Å²) in [5, 5.41) is 2.95. The zero-order chi connectivity index (χ0) is 16.9. The molecular formula is C19H19BrN2O2. The van der Waals surface area contributed by atoms with Crippen molar-refractivity contribution in [2.45, 2.75) is 12.8 Å². The number of anilines is 1. The lowest BCUT2D eigenvalue weighted by atomic mass is 10.1. The smallest absolute Gasteiger partial charge is 0.227 e. The normalized spacial score (nSPS) is 17.1. The molecule has 2 aromatic carbocycles. The fourth-order valence-electron chi connectivity index (χ4n) is 2.87. The van der Waals surface area contributed by atoms with Crippen LogP contribution in [0.25, 0.3) is 0 Å². The third-order valence-electron chi connectivity index (χ3n) is 4.19. The van der Waals surface area contributed by atoms with Crippen molar-refractivity contribution in [1.29, 1.82) is 0 Å². The fraction of sp³-hybridized carbons (Fsp3) is 0.263. The molecule has 3 rings (SSSR count). The van der Waals surface area contributed by atoms with Gasteiger partial charge in [0.2, 0.25) is 11.8 Å². The van der Waals surface area contributed by atoms with E-state index in [0.717, 1.165) is 16.6 Å². The van der Waals surface area contributed by atoms with Crippen LogP contribution in [0, 0.1) is 5.92 Å². The van der Waals surface area contributed by atoms with E-state index in [0.29, 0.717) is 13.1 Å². The molecule has 1 saturated heterocycles. The number of carbonyl (C=O) groups is 2. The first-order valence-corrected chi connectivity index (χ1v) is 8.80. The van der Waals surface area contributed by atoms with Crippen molar-refractivity contribution in [2.24, 2.45) is 5.92 Å². The van der Waals surface area contributed by atoms with Crippen LogP contribution in [0.15, 0.2) is 59.1 Å². The number of benzene rings is 2. The minimum atomic E-state index is -0.281. The van der Waals surface area contributed by atoms with Crippen LogP contribution >= 0.6 is 15.9 Å². The summed E-state index contributed by atoms with van der Waals surface area (Å²) in [5.74, 6) is -0.323. The maximum atomic E-state index is 12.3. The lowest BCUT2D eigenvalue weighted by Crippen LogP contribution is -2.34. The fourth-order valence-corrected chi connectivity index (χ4v) is 3.14. The average Bonchev–Trinajstić information content (AvgIpc) is 2.98. The number of nitrogens with zero attached hydrogens (tertiary/aromatic N) is 1. The Hall–Kier alpha value is -2.14. The summed E-state index contributed by atoms with van der Waals surface area (Å²) in [6.45, 7) is 1.03. The molecule has 24 heavy (non-hydrogen) atoms. The number of rotatable bonds is 5.